The summed E-state index contributed by atoms with van der Waals surface area (Å²) in [5.74, 6) is 0.869. The van der Waals surface area contributed by atoms with Gasteiger partial charge in [0.25, 0.3) is 0 Å². The molecule has 5 heteroatoms. The van der Waals surface area contributed by atoms with Gasteiger partial charge in [0.05, 0.1) is 5.52 Å². The fourth-order valence-electron chi connectivity index (χ4n) is 6.75. The highest BCUT2D eigenvalue weighted by molar-refractivity contribution is 6.29. The van der Waals surface area contributed by atoms with Crippen LogP contribution in [0.2, 0.25) is 5.15 Å². The zero-order chi connectivity index (χ0) is 23.4. The summed E-state index contributed by atoms with van der Waals surface area (Å²) in [7, 11) is 0. The number of benzene rings is 1. The first-order chi connectivity index (χ1) is 15.7. The standard InChI is InChI=1S/C28H30ClFN2O/c1-17(25(33)10-18-4-7-26(29)32-16-18)19-12-27(2)14-20(15-28(27,3)13-19)22-8-9-31-24-6-5-21(30)11-23(22)24/h4-9,11,16-17,19-20H,10,12-15H2,1-3H3/t17?,19?,20?,27-,28+. The van der Waals surface area contributed by atoms with E-state index >= 15 is 0 Å². The predicted octanol–water partition coefficient (Wildman–Crippen LogP) is 7.17. The van der Waals surface area contributed by atoms with Gasteiger partial charge in [-0.2, -0.15) is 0 Å². The molecule has 0 spiro atoms. The van der Waals surface area contributed by atoms with Gasteiger partial charge in [0.2, 0.25) is 0 Å². The first-order valence-corrected chi connectivity index (χ1v) is 12.2. The van der Waals surface area contributed by atoms with E-state index in [0.717, 1.165) is 42.1 Å². The van der Waals surface area contributed by atoms with Gasteiger partial charge in [-0.3, -0.25) is 9.78 Å². The molecule has 0 radical (unpaired) electrons. The minimum absolute atomic E-state index is 0.0224. The van der Waals surface area contributed by atoms with Gasteiger partial charge in [-0.1, -0.05) is 38.4 Å². The van der Waals surface area contributed by atoms with Crippen molar-refractivity contribution in [2.75, 3.05) is 0 Å². The molecular formula is C28H30ClFN2O. The summed E-state index contributed by atoms with van der Waals surface area (Å²) in [6, 6.07) is 10.6. The van der Waals surface area contributed by atoms with Gasteiger partial charge in [-0.05, 0) is 89.8 Å². The van der Waals surface area contributed by atoms with Crippen LogP contribution in [0.25, 0.3) is 10.9 Å². The van der Waals surface area contributed by atoms with Crippen LogP contribution in [0.15, 0.2) is 48.8 Å². The molecule has 2 heterocycles. The number of nitrogens with zero attached hydrogens (tertiary/aromatic N) is 2. The van der Waals surface area contributed by atoms with Gasteiger partial charge in [-0.15, -0.1) is 0 Å². The Kier molecular flexibility index (Phi) is 5.55. The van der Waals surface area contributed by atoms with E-state index in [-0.39, 0.29) is 28.3 Å². The van der Waals surface area contributed by atoms with E-state index in [0.29, 0.717) is 23.4 Å². The molecule has 5 atom stereocenters. The smallest absolute Gasteiger partial charge is 0.140 e. The first-order valence-electron chi connectivity index (χ1n) is 11.8. The highest BCUT2D eigenvalue weighted by Gasteiger charge is 2.59. The van der Waals surface area contributed by atoms with Crippen LogP contribution in [-0.2, 0) is 11.2 Å². The van der Waals surface area contributed by atoms with Crippen LogP contribution in [-0.4, -0.2) is 15.8 Å². The van der Waals surface area contributed by atoms with Crippen LogP contribution >= 0.6 is 11.6 Å². The van der Waals surface area contributed by atoms with E-state index in [1.54, 1.807) is 24.4 Å². The van der Waals surface area contributed by atoms with Crippen molar-refractivity contribution in [1.82, 2.24) is 9.97 Å². The highest BCUT2D eigenvalue weighted by atomic mass is 35.5. The third-order valence-electron chi connectivity index (χ3n) is 8.84. The van der Waals surface area contributed by atoms with Crippen LogP contribution in [0, 0.1) is 28.5 Å². The van der Waals surface area contributed by atoms with Crippen molar-refractivity contribution in [3.63, 3.8) is 0 Å². The van der Waals surface area contributed by atoms with E-state index in [9.17, 15) is 9.18 Å². The molecule has 172 valence electrons. The molecule has 0 amide bonds. The number of hydrogen-bond acceptors (Lipinski definition) is 3. The van der Waals surface area contributed by atoms with Gasteiger partial charge in [0.1, 0.15) is 16.8 Å². The molecule has 0 N–H and O–H groups in total. The molecule has 2 saturated carbocycles. The summed E-state index contributed by atoms with van der Waals surface area (Å²) >= 11 is 5.88. The Morgan fingerprint density at radius 2 is 1.82 bits per heavy atom. The number of hydrogen-bond donors (Lipinski definition) is 0. The largest absolute Gasteiger partial charge is 0.299 e. The van der Waals surface area contributed by atoms with E-state index in [1.165, 1.54) is 11.6 Å². The van der Waals surface area contributed by atoms with Crippen molar-refractivity contribution in [2.45, 2.75) is 58.8 Å². The molecule has 5 rings (SSSR count). The molecule has 33 heavy (non-hydrogen) atoms. The summed E-state index contributed by atoms with van der Waals surface area (Å²) in [6.45, 7) is 6.90. The number of halogens is 2. The van der Waals surface area contributed by atoms with Crippen LogP contribution in [0.3, 0.4) is 0 Å². The monoisotopic (exact) mass is 464 g/mol. The lowest BCUT2D eigenvalue weighted by Crippen LogP contribution is -2.25. The van der Waals surface area contributed by atoms with Crippen LogP contribution in [0.4, 0.5) is 4.39 Å². The molecule has 0 aliphatic heterocycles. The molecule has 2 aliphatic rings. The second kappa shape index (κ2) is 8.16. The van der Waals surface area contributed by atoms with Crippen LogP contribution in [0.5, 0.6) is 0 Å². The highest BCUT2D eigenvalue weighted by Crippen LogP contribution is 2.69. The van der Waals surface area contributed by atoms with Crippen LogP contribution < -0.4 is 0 Å². The van der Waals surface area contributed by atoms with E-state index in [1.807, 2.05) is 12.3 Å². The van der Waals surface area contributed by atoms with E-state index in [4.69, 9.17) is 11.6 Å². The minimum Gasteiger partial charge on any atom is -0.299 e. The molecular weight excluding hydrogens is 435 g/mol. The fourth-order valence-corrected chi connectivity index (χ4v) is 6.86. The Morgan fingerprint density at radius 3 is 2.48 bits per heavy atom. The number of carbonyl (C=O) groups is 1. The Bertz CT molecular complexity index is 1190. The molecule has 3 nitrogen and oxygen atoms in total. The normalized spacial score (nSPS) is 29.8. The Balaban J connectivity index is 1.33. The predicted molar refractivity (Wildman–Crippen MR) is 130 cm³/mol. The van der Waals surface area contributed by atoms with Crippen molar-refractivity contribution in [2.24, 2.45) is 22.7 Å². The number of ketones is 1. The first kappa shape index (κ1) is 22.5. The number of rotatable bonds is 5. The second-order valence-electron chi connectivity index (χ2n) is 10.9. The van der Waals surface area contributed by atoms with Gasteiger partial charge < -0.3 is 0 Å². The summed E-state index contributed by atoms with van der Waals surface area (Å²) in [6.07, 6.45) is 8.21. The third kappa shape index (κ3) is 3.97. The van der Waals surface area contributed by atoms with Crippen molar-refractivity contribution >= 4 is 28.3 Å². The number of pyridine rings is 2. The lowest BCUT2D eigenvalue weighted by molar-refractivity contribution is -0.123. The number of Topliss-reactive ketones (excluding diaryl/α,β-unsaturated/α-hetero) is 1. The Labute approximate surface area is 199 Å². The maximum atomic E-state index is 14.0. The van der Waals surface area contributed by atoms with E-state index in [2.05, 4.69) is 36.8 Å². The summed E-state index contributed by atoms with van der Waals surface area (Å²) < 4.78 is 14.0. The maximum Gasteiger partial charge on any atom is 0.140 e. The number of fused-ring (bicyclic) bond motifs is 2. The van der Waals surface area contributed by atoms with Gasteiger partial charge in [0, 0.05) is 30.1 Å². The maximum absolute atomic E-state index is 14.0. The van der Waals surface area contributed by atoms with Crippen molar-refractivity contribution in [3.8, 4) is 0 Å². The molecule has 2 aromatic heterocycles. The zero-order valence-corrected chi connectivity index (χ0v) is 20.2. The van der Waals surface area contributed by atoms with Crippen molar-refractivity contribution in [3.05, 3.63) is 70.9 Å². The molecule has 2 fully saturated rings. The van der Waals surface area contributed by atoms with Crippen LogP contribution in [0.1, 0.15) is 63.5 Å². The van der Waals surface area contributed by atoms with E-state index < -0.39 is 0 Å². The molecule has 3 unspecified atom stereocenters. The Morgan fingerprint density at radius 1 is 1.09 bits per heavy atom. The average molecular weight is 465 g/mol. The summed E-state index contributed by atoms with van der Waals surface area (Å²) in [4.78, 5) is 21.6. The number of carbonyl (C=O) groups excluding carboxylic acids is 1. The average Bonchev–Trinajstić information content (AvgIpc) is 3.18. The summed E-state index contributed by atoms with van der Waals surface area (Å²) in [5, 5.41) is 1.38. The fraction of sp³-hybridized carbons (Fsp3) is 0.464. The van der Waals surface area contributed by atoms with Gasteiger partial charge in [-0.25, -0.2) is 9.37 Å². The topological polar surface area (TPSA) is 42.9 Å². The SMILES string of the molecule is CC(C(=O)Cc1ccc(Cl)nc1)C1C[C@]2(C)CC(c3ccnc4ccc(F)cc34)C[C@]2(C)C1. The lowest BCUT2D eigenvalue weighted by Gasteiger charge is -2.34. The summed E-state index contributed by atoms with van der Waals surface area (Å²) in [5.41, 5.74) is 3.33. The van der Waals surface area contributed by atoms with Crippen molar-refractivity contribution in [1.29, 1.82) is 0 Å². The van der Waals surface area contributed by atoms with Gasteiger partial charge >= 0.3 is 0 Å². The zero-order valence-electron chi connectivity index (χ0n) is 19.4. The Hall–Kier alpha value is -2.33. The molecule has 0 bridgehead atoms. The molecule has 2 aliphatic carbocycles. The minimum atomic E-state index is -0.212. The lowest BCUT2D eigenvalue weighted by atomic mass is 9.71. The molecule has 1 aromatic carbocycles. The van der Waals surface area contributed by atoms with Gasteiger partial charge in [0.15, 0.2) is 0 Å². The molecule has 3 aromatic rings. The number of aromatic nitrogens is 2. The van der Waals surface area contributed by atoms with Crippen molar-refractivity contribution < 1.29 is 9.18 Å². The quantitative estimate of drug-likeness (QED) is 0.376. The third-order valence-corrected chi connectivity index (χ3v) is 9.06. The molecule has 0 saturated heterocycles. The second-order valence-corrected chi connectivity index (χ2v) is 11.3.